The summed E-state index contributed by atoms with van der Waals surface area (Å²) in [7, 11) is 1.81. The van der Waals surface area contributed by atoms with Gasteiger partial charge in [0.05, 0.1) is 12.2 Å². The number of rotatable bonds is 1. The van der Waals surface area contributed by atoms with Crippen molar-refractivity contribution in [3.05, 3.63) is 18.2 Å². The highest BCUT2D eigenvalue weighted by Crippen LogP contribution is 2.39. The average molecular weight is 261 g/mol. The van der Waals surface area contributed by atoms with Gasteiger partial charge in [-0.3, -0.25) is 0 Å². The van der Waals surface area contributed by atoms with E-state index in [0.29, 0.717) is 18.0 Å². The predicted molar refractivity (Wildman–Crippen MR) is 61.1 cm³/mol. The van der Waals surface area contributed by atoms with E-state index in [1.807, 2.05) is 18.7 Å². The van der Waals surface area contributed by atoms with E-state index in [-0.39, 0.29) is 11.4 Å². The SMILES string of the molecule is CN1CC(C)(C)Oc2ccc(OC(F)(F)F)cc21. The number of likely N-dealkylation sites (N-methyl/N-ethyl adjacent to an activating group) is 1. The minimum Gasteiger partial charge on any atom is -0.484 e. The average Bonchev–Trinajstić information content (AvgIpc) is 2.15. The van der Waals surface area contributed by atoms with Gasteiger partial charge >= 0.3 is 6.36 Å². The van der Waals surface area contributed by atoms with Crippen molar-refractivity contribution in [3.8, 4) is 11.5 Å². The molecule has 0 amide bonds. The summed E-state index contributed by atoms with van der Waals surface area (Å²) >= 11 is 0. The molecule has 1 aromatic carbocycles. The quantitative estimate of drug-likeness (QED) is 0.775. The van der Waals surface area contributed by atoms with Crippen LogP contribution in [0.25, 0.3) is 0 Å². The van der Waals surface area contributed by atoms with Crippen LogP contribution >= 0.6 is 0 Å². The molecule has 0 unspecified atom stereocenters. The largest absolute Gasteiger partial charge is 0.573 e. The van der Waals surface area contributed by atoms with E-state index in [4.69, 9.17) is 4.74 Å². The lowest BCUT2D eigenvalue weighted by molar-refractivity contribution is -0.274. The van der Waals surface area contributed by atoms with Gasteiger partial charge in [-0.25, -0.2) is 0 Å². The van der Waals surface area contributed by atoms with Crippen molar-refractivity contribution in [3.63, 3.8) is 0 Å². The summed E-state index contributed by atoms with van der Waals surface area (Å²) in [6.45, 7) is 4.44. The summed E-state index contributed by atoms with van der Waals surface area (Å²) in [6.07, 6.45) is -4.68. The number of hydrogen-bond donors (Lipinski definition) is 0. The van der Waals surface area contributed by atoms with Gasteiger partial charge in [0, 0.05) is 13.1 Å². The Morgan fingerprint density at radius 1 is 1.33 bits per heavy atom. The second-order valence-corrected chi connectivity index (χ2v) is 4.90. The van der Waals surface area contributed by atoms with Crippen LogP contribution in [-0.2, 0) is 0 Å². The summed E-state index contributed by atoms with van der Waals surface area (Å²) in [5, 5.41) is 0. The summed E-state index contributed by atoms with van der Waals surface area (Å²) < 4.78 is 46.0. The maximum absolute atomic E-state index is 12.1. The van der Waals surface area contributed by atoms with Crippen LogP contribution in [0.5, 0.6) is 11.5 Å². The molecule has 3 nitrogen and oxygen atoms in total. The zero-order valence-corrected chi connectivity index (χ0v) is 10.3. The van der Waals surface area contributed by atoms with Crippen molar-refractivity contribution in [2.75, 3.05) is 18.5 Å². The van der Waals surface area contributed by atoms with E-state index in [0.717, 1.165) is 0 Å². The standard InChI is InChI=1S/C12H14F3NO2/c1-11(2)7-16(3)9-6-8(17-12(13,14)15)4-5-10(9)18-11/h4-6H,7H2,1-3H3. The number of halogens is 3. The first-order valence-electron chi connectivity index (χ1n) is 5.46. The Hall–Kier alpha value is -1.59. The lowest BCUT2D eigenvalue weighted by Gasteiger charge is -2.39. The van der Waals surface area contributed by atoms with Crippen molar-refractivity contribution in [1.82, 2.24) is 0 Å². The maximum Gasteiger partial charge on any atom is 0.573 e. The summed E-state index contributed by atoms with van der Waals surface area (Å²) in [5.41, 5.74) is 0.227. The van der Waals surface area contributed by atoms with Crippen molar-refractivity contribution < 1.29 is 22.6 Å². The topological polar surface area (TPSA) is 21.7 Å². The number of hydrogen-bond acceptors (Lipinski definition) is 3. The Balaban J connectivity index is 2.30. The second-order valence-electron chi connectivity index (χ2n) is 4.90. The highest BCUT2D eigenvalue weighted by atomic mass is 19.4. The van der Waals surface area contributed by atoms with Crippen LogP contribution in [0, 0.1) is 0 Å². The van der Waals surface area contributed by atoms with E-state index in [2.05, 4.69) is 4.74 Å². The van der Waals surface area contributed by atoms with Crippen LogP contribution in [0.1, 0.15) is 13.8 Å². The van der Waals surface area contributed by atoms with Crippen LogP contribution in [0.2, 0.25) is 0 Å². The first-order chi connectivity index (χ1) is 8.16. The van der Waals surface area contributed by atoms with Gasteiger partial charge in [0.2, 0.25) is 0 Å². The Kier molecular flexibility index (Phi) is 2.83. The van der Waals surface area contributed by atoms with E-state index in [9.17, 15) is 13.2 Å². The van der Waals surface area contributed by atoms with E-state index in [1.165, 1.54) is 18.2 Å². The Labute approximate surface area is 103 Å². The molecule has 0 bridgehead atoms. The molecule has 0 fully saturated rings. The van der Waals surface area contributed by atoms with Crippen LogP contribution < -0.4 is 14.4 Å². The number of benzene rings is 1. The van der Waals surface area contributed by atoms with Gasteiger partial charge in [-0.15, -0.1) is 13.2 Å². The lowest BCUT2D eigenvalue weighted by atomic mass is 10.1. The third-order valence-electron chi connectivity index (χ3n) is 2.58. The lowest BCUT2D eigenvalue weighted by Crippen LogP contribution is -2.45. The Bertz CT molecular complexity index is 457. The van der Waals surface area contributed by atoms with Crippen LogP contribution in [0.3, 0.4) is 0 Å². The van der Waals surface area contributed by atoms with Crippen LogP contribution in [0.15, 0.2) is 18.2 Å². The molecule has 0 N–H and O–H groups in total. The summed E-state index contributed by atoms with van der Waals surface area (Å²) in [6, 6.07) is 4.08. The third-order valence-corrected chi connectivity index (χ3v) is 2.58. The molecule has 1 heterocycles. The Morgan fingerprint density at radius 2 is 2.00 bits per heavy atom. The highest BCUT2D eigenvalue weighted by molar-refractivity contribution is 5.63. The first kappa shape index (κ1) is 12.9. The molecule has 2 rings (SSSR count). The summed E-state index contributed by atoms with van der Waals surface area (Å²) in [4.78, 5) is 1.85. The second kappa shape index (κ2) is 3.96. The smallest absolute Gasteiger partial charge is 0.484 e. The molecule has 0 saturated heterocycles. The van der Waals surface area contributed by atoms with Gasteiger partial charge in [0.15, 0.2) is 0 Å². The molecule has 0 aromatic heterocycles. The highest BCUT2D eigenvalue weighted by Gasteiger charge is 2.33. The maximum atomic E-state index is 12.1. The van der Waals surface area contributed by atoms with Crippen molar-refractivity contribution >= 4 is 5.69 Å². The number of alkyl halides is 3. The third kappa shape index (κ3) is 2.80. The normalized spacial score (nSPS) is 18.0. The fourth-order valence-electron chi connectivity index (χ4n) is 2.07. The van der Waals surface area contributed by atoms with E-state index in [1.54, 1.807) is 7.05 Å². The minimum absolute atomic E-state index is 0.239. The summed E-state index contributed by atoms with van der Waals surface area (Å²) in [5.74, 6) is 0.319. The zero-order valence-electron chi connectivity index (χ0n) is 10.3. The molecule has 6 heteroatoms. The van der Waals surface area contributed by atoms with E-state index < -0.39 is 6.36 Å². The van der Waals surface area contributed by atoms with Gasteiger partial charge in [-0.2, -0.15) is 0 Å². The molecule has 18 heavy (non-hydrogen) atoms. The van der Waals surface area contributed by atoms with Gasteiger partial charge in [-0.1, -0.05) is 0 Å². The van der Waals surface area contributed by atoms with Gasteiger partial charge in [0.1, 0.15) is 17.1 Å². The monoisotopic (exact) mass is 261 g/mol. The van der Waals surface area contributed by atoms with Crippen molar-refractivity contribution in [2.45, 2.75) is 25.8 Å². The van der Waals surface area contributed by atoms with Crippen LogP contribution in [-0.4, -0.2) is 25.6 Å². The number of nitrogens with zero attached hydrogens (tertiary/aromatic N) is 1. The van der Waals surface area contributed by atoms with Crippen LogP contribution in [0.4, 0.5) is 18.9 Å². The molecule has 0 saturated carbocycles. The zero-order chi connectivity index (χ0) is 13.6. The van der Waals surface area contributed by atoms with Gasteiger partial charge in [-0.05, 0) is 26.0 Å². The molecule has 0 atom stereocenters. The number of fused-ring (bicyclic) bond motifs is 1. The minimum atomic E-state index is -4.68. The molecule has 100 valence electrons. The molecule has 1 aliphatic rings. The number of anilines is 1. The van der Waals surface area contributed by atoms with Gasteiger partial charge in [0.25, 0.3) is 0 Å². The molecular weight excluding hydrogens is 247 g/mol. The van der Waals surface area contributed by atoms with Crippen molar-refractivity contribution in [1.29, 1.82) is 0 Å². The molecule has 0 radical (unpaired) electrons. The predicted octanol–water partition coefficient (Wildman–Crippen LogP) is 3.19. The number of ether oxygens (including phenoxy) is 2. The molecule has 1 aromatic rings. The van der Waals surface area contributed by atoms with Gasteiger partial charge < -0.3 is 14.4 Å². The fraction of sp³-hybridized carbons (Fsp3) is 0.500. The molecule has 0 spiro atoms. The first-order valence-corrected chi connectivity index (χ1v) is 5.46. The van der Waals surface area contributed by atoms with E-state index >= 15 is 0 Å². The molecular formula is C12H14F3NO2. The van der Waals surface area contributed by atoms with Crippen molar-refractivity contribution in [2.24, 2.45) is 0 Å². The Morgan fingerprint density at radius 3 is 2.61 bits per heavy atom. The molecule has 1 aliphatic heterocycles. The molecule has 0 aliphatic carbocycles. The fourth-order valence-corrected chi connectivity index (χ4v) is 2.07.